The van der Waals surface area contributed by atoms with E-state index in [1.54, 1.807) is 0 Å². The van der Waals surface area contributed by atoms with Gasteiger partial charge in [0.15, 0.2) is 0 Å². The van der Waals surface area contributed by atoms with Crippen molar-refractivity contribution >= 4 is 23.6 Å². The first-order valence-electron chi connectivity index (χ1n) is 10.4. The van der Waals surface area contributed by atoms with Gasteiger partial charge in [0.1, 0.15) is 0 Å². The molecule has 0 bridgehead atoms. The minimum atomic E-state index is -0.286. The summed E-state index contributed by atoms with van der Waals surface area (Å²) >= 11 is 1.84. The summed E-state index contributed by atoms with van der Waals surface area (Å²) in [6.07, 6.45) is 12.4. The van der Waals surface area contributed by atoms with Crippen molar-refractivity contribution in [3.63, 3.8) is 0 Å². The van der Waals surface area contributed by atoms with Crippen molar-refractivity contribution in [2.24, 2.45) is 5.41 Å². The SMILES string of the molecule is O=C1N2CCCC[C@@H]2CC[C@]12CS[C@@]1(CC[C@H]3CCCCN3C1=O)C2. The van der Waals surface area contributed by atoms with Crippen LogP contribution in [0.1, 0.15) is 70.6 Å². The van der Waals surface area contributed by atoms with Gasteiger partial charge < -0.3 is 9.80 Å². The lowest BCUT2D eigenvalue weighted by atomic mass is 9.69. The van der Waals surface area contributed by atoms with Crippen molar-refractivity contribution in [3.8, 4) is 0 Å². The Balaban J connectivity index is 1.38. The molecule has 4 atom stereocenters. The highest BCUT2D eigenvalue weighted by Crippen LogP contribution is 2.58. The Hall–Kier alpha value is -0.710. The van der Waals surface area contributed by atoms with Gasteiger partial charge in [0, 0.05) is 30.9 Å². The predicted molar refractivity (Wildman–Crippen MR) is 99.4 cm³/mol. The quantitative estimate of drug-likeness (QED) is 0.664. The third kappa shape index (κ3) is 2.40. The van der Waals surface area contributed by atoms with Crippen LogP contribution in [0.3, 0.4) is 0 Å². The van der Waals surface area contributed by atoms with Gasteiger partial charge in [0.05, 0.1) is 10.2 Å². The normalized spacial score (nSPS) is 44.3. The van der Waals surface area contributed by atoms with E-state index in [4.69, 9.17) is 0 Å². The molecule has 5 heteroatoms. The third-order valence-corrected chi connectivity index (χ3v) is 9.48. The van der Waals surface area contributed by atoms with Gasteiger partial charge in [0.25, 0.3) is 0 Å². The molecule has 4 nitrogen and oxygen atoms in total. The van der Waals surface area contributed by atoms with Gasteiger partial charge in [-0.05, 0) is 70.6 Å². The average Bonchev–Trinajstić information content (AvgIpc) is 3.03. The number of piperidine rings is 4. The number of hydrogen-bond donors (Lipinski definition) is 0. The summed E-state index contributed by atoms with van der Waals surface area (Å²) < 4.78 is -0.286. The Labute approximate surface area is 155 Å². The summed E-state index contributed by atoms with van der Waals surface area (Å²) in [4.78, 5) is 31.2. The van der Waals surface area contributed by atoms with Crippen LogP contribution in [0.5, 0.6) is 0 Å². The summed E-state index contributed by atoms with van der Waals surface area (Å²) in [5, 5.41) is 0. The number of rotatable bonds is 0. The fourth-order valence-electron chi connectivity index (χ4n) is 6.28. The van der Waals surface area contributed by atoms with Gasteiger partial charge >= 0.3 is 0 Å². The molecule has 2 spiro atoms. The maximum Gasteiger partial charge on any atom is 0.239 e. The van der Waals surface area contributed by atoms with Crippen molar-refractivity contribution in [1.82, 2.24) is 9.80 Å². The molecule has 2 amide bonds. The molecule has 0 aromatic rings. The molecule has 5 rings (SSSR count). The standard InChI is InChI=1S/C20H30N2O2S/c23-17-19(9-7-15-5-1-3-11-21(15)17)13-20(25-14-19)10-8-16-6-2-4-12-22(16)18(20)24/h15-16H,1-14H2/t15-,16-,19+,20+/m1/s1. The average molecular weight is 363 g/mol. The highest BCUT2D eigenvalue weighted by atomic mass is 32.2. The van der Waals surface area contributed by atoms with Gasteiger partial charge in [-0.3, -0.25) is 9.59 Å². The molecule has 5 fully saturated rings. The predicted octanol–water partition coefficient (Wildman–Crippen LogP) is 3.20. The fourth-order valence-corrected chi connectivity index (χ4v) is 8.08. The first-order valence-corrected chi connectivity index (χ1v) is 11.4. The van der Waals surface area contributed by atoms with Crippen LogP contribution < -0.4 is 0 Å². The zero-order valence-electron chi connectivity index (χ0n) is 15.2. The van der Waals surface area contributed by atoms with Crippen molar-refractivity contribution in [2.45, 2.75) is 87.5 Å². The van der Waals surface area contributed by atoms with E-state index < -0.39 is 0 Å². The highest BCUT2D eigenvalue weighted by molar-refractivity contribution is 8.01. The Morgan fingerprint density at radius 2 is 1.44 bits per heavy atom. The van der Waals surface area contributed by atoms with Crippen molar-refractivity contribution in [2.75, 3.05) is 18.8 Å². The topological polar surface area (TPSA) is 40.6 Å². The highest BCUT2D eigenvalue weighted by Gasteiger charge is 2.61. The summed E-state index contributed by atoms with van der Waals surface area (Å²) in [6, 6.07) is 0.972. The first kappa shape index (κ1) is 16.5. The maximum absolute atomic E-state index is 13.4. The molecule has 0 aromatic carbocycles. The number of nitrogens with zero attached hydrogens (tertiary/aromatic N) is 2. The number of hydrogen-bond acceptors (Lipinski definition) is 3. The van der Waals surface area contributed by atoms with Gasteiger partial charge in [-0.25, -0.2) is 0 Å². The summed E-state index contributed by atoms with van der Waals surface area (Å²) in [5.41, 5.74) is -0.239. The van der Waals surface area contributed by atoms with Gasteiger partial charge in [-0.1, -0.05) is 0 Å². The van der Waals surface area contributed by atoms with E-state index in [0.29, 0.717) is 23.9 Å². The second kappa shape index (κ2) is 5.90. The van der Waals surface area contributed by atoms with Crippen LogP contribution >= 0.6 is 11.8 Å². The molecule has 5 heterocycles. The van der Waals surface area contributed by atoms with Gasteiger partial charge in [0.2, 0.25) is 11.8 Å². The Morgan fingerprint density at radius 1 is 0.800 bits per heavy atom. The molecular formula is C20H30N2O2S. The van der Waals surface area contributed by atoms with E-state index in [-0.39, 0.29) is 10.2 Å². The van der Waals surface area contributed by atoms with E-state index in [1.807, 2.05) is 11.8 Å². The molecule has 0 N–H and O–H groups in total. The molecule has 0 aliphatic carbocycles. The second-order valence-electron chi connectivity index (χ2n) is 9.11. The zero-order chi connectivity index (χ0) is 17.1. The van der Waals surface area contributed by atoms with Crippen LogP contribution in [-0.2, 0) is 9.59 Å². The van der Waals surface area contributed by atoms with E-state index in [0.717, 1.165) is 63.8 Å². The van der Waals surface area contributed by atoms with Crippen LogP contribution in [0.25, 0.3) is 0 Å². The van der Waals surface area contributed by atoms with Crippen LogP contribution in [0.15, 0.2) is 0 Å². The molecule has 0 saturated carbocycles. The summed E-state index contributed by atoms with van der Waals surface area (Å²) in [7, 11) is 0. The minimum absolute atomic E-state index is 0.239. The molecule has 138 valence electrons. The van der Waals surface area contributed by atoms with Crippen molar-refractivity contribution < 1.29 is 9.59 Å². The fraction of sp³-hybridized carbons (Fsp3) is 0.900. The van der Waals surface area contributed by atoms with Crippen LogP contribution in [0.2, 0.25) is 0 Å². The Bertz CT molecular complexity index is 546. The zero-order valence-corrected chi connectivity index (χ0v) is 16.0. The van der Waals surface area contributed by atoms with E-state index in [2.05, 4.69) is 9.80 Å². The maximum atomic E-state index is 13.4. The summed E-state index contributed by atoms with van der Waals surface area (Å²) in [6.45, 7) is 1.89. The van der Waals surface area contributed by atoms with Crippen LogP contribution in [0.4, 0.5) is 0 Å². The first-order chi connectivity index (χ1) is 12.1. The lowest BCUT2D eigenvalue weighted by Gasteiger charge is -2.49. The number of amides is 2. The molecule has 0 aromatic heterocycles. The minimum Gasteiger partial charge on any atom is -0.339 e. The third-order valence-electron chi connectivity index (χ3n) is 7.71. The van der Waals surface area contributed by atoms with Gasteiger partial charge in [-0.2, -0.15) is 0 Å². The number of fused-ring (bicyclic) bond motifs is 2. The van der Waals surface area contributed by atoms with Crippen molar-refractivity contribution in [3.05, 3.63) is 0 Å². The van der Waals surface area contributed by atoms with E-state index in [9.17, 15) is 9.59 Å². The Morgan fingerprint density at radius 3 is 2.16 bits per heavy atom. The van der Waals surface area contributed by atoms with E-state index in [1.165, 1.54) is 25.7 Å². The summed E-state index contributed by atoms with van der Waals surface area (Å²) in [5.74, 6) is 1.64. The Kier molecular flexibility index (Phi) is 3.88. The largest absolute Gasteiger partial charge is 0.339 e. The number of thioether (sulfide) groups is 1. The number of carbonyl (C=O) groups is 2. The van der Waals surface area contributed by atoms with E-state index >= 15 is 0 Å². The molecule has 0 unspecified atom stereocenters. The molecule has 5 aliphatic heterocycles. The van der Waals surface area contributed by atoms with Gasteiger partial charge in [-0.15, -0.1) is 11.8 Å². The smallest absolute Gasteiger partial charge is 0.239 e. The van der Waals surface area contributed by atoms with Crippen LogP contribution in [-0.4, -0.2) is 57.3 Å². The molecular weight excluding hydrogens is 332 g/mol. The number of carbonyl (C=O) groups excluding carboxylic acids is 2. The second-order valence-corrected chi connectivity index (χ2v) is 10.5. The lowest BCUT2D eigenvalue weighted by Crippen LogP contribution is -2.59. The molecule has 25 heavy (non-hydrogen) atoms. The van der Waals surface area contributed by atoms with Crippen LogP contribution in [0, 0.1) is 5.41 Å². The molecule has 0 radical (unpaired) electrons. The lowest BCUT2D eigenvalue weighted by molar-refractivity contribution is -0.152. The molecule has 5 aliphatic rings. The van der Waals surface area contributed by atoms with Crippen molar-refractivity contribution in [1.29, 1.82) is 0 Å². The monoisotopic (exact) mass is 362 g/mol. The molecule has 5 saturated heterocycles.